The van der Waals surface area contributed by atoms with Crippen molar-refractivity contribution in [2.75, 3.05) is 6.54 Å². The number of phenolic OH excluding ortho intramolecular Hbond substituents is 2. The lowest BCUT2D eigenvalue weighted by Crippen LogP contribution is -2.21. The van der Waals surface area contributed by atoms with E-state index in [1.54, 1.807) is 0 Å². The van der Waals surface area contributed by atoms with E-state index in [0.717, 1.165) is 6.07 Å². The lowest BCUT2D eigenvalue weighted by Gasteiger charge is -2.11. The molecule has 0 fully saturated rings. The average molecular weight is 197 g/mol. The van der Waals surface area contributed by atoms with Crippen LogP contribution in [0.5, 0.6) is 11.5 Å². The predicted octanol–water partition coefficient (Wildman–Crippen LogP) is 0.225. The summed E-state index contributed by atoms with van der Waals surface area (Å²) in [7, 11) is 0. The van der Waals surface area contributed by atoms with Crippen molar-refractivity contribution >= 4 is 5.97 Å². The standard InChI is InChI=1S/C9H11NO4/c10-4-7(9(13)14)6-2-1-5(11)3-8(6)12/h1-3,7,11-12H,4,10H2,(H,13,14). The lowest BCUT2D eigenvalue weighted by molar-refractivity contribution is -0.138. The van der Waals surface area contributed by atoms with Gasteiger partial charge in [-0.15, -0.1) is 0 Å². The summed E-state index contributed by atoms with van der Waals surface area (Å²) >= 11 is 0. The van der Waals surface area contributed by atoms with Crippen molar-refractivity contribution in [3.63, 3.8) is 0 Å². The van der Waals surface area contributed by atoms with Crippen molar-refractivity contribution in [1.29, 1.82) is 0 Å². The Labute approximate surface area is 80.4 Å². The Morgan fingerprint density at radius 2 is 2.07 bits per heavy atom. The SMILES string of the molecule is NCC(C(=O)O)c1ccc(O)cc1O. The molecule has 0 saturated heterocycles. The second kappa shape index (κ2) is 3.97. The zero-order valence-corrected chi connectivity index (χ0v) is 7.34. The van der Waals surface area contributed by atoms with E-state index in [0.29, 0.717) is 0 Å². The Morgan fingerprint density at radius 3 is 2.50 bits per heavy atom. The van der Waals surface area contributed by atoms with Gasteiger partial charge in [-0.25, -0.2) is 0 Å². The van der Waals surface area contributed by atoms with E-state index in [2.05, 4.69) is 0 Å². The summed E-state index contributed by atoms with van der Waals surface area (Å²) in [5.41, 5.74) is 5.46. The van der Waals surface area contributed by atoms with Crippen molar-refractivity contribution < 1.29 is 20.1 Å². The molecule has 0 spiro atoms. The summed E-state index contributed by atoms with van der Waals surface area (Å²) in [5.74, 6) is -2.43. The molecule has 1 aromatic rings. The highest BCUT2D eigenvalue weighted by Gasteiger charge is 2.21. The van der Waals surface area contributed by atoms with Crippen molar-refractivity contribution in [2.45, 2.75) is 5.92 Å². The highest BCUT2D eigenvalue weighted by atomic mass is 16.4. The molecule has 5 nitrogen and oxygen atoms in total. The van der Waals surface area contributed by atoms with Gasteiger partial charge in [0, 0.05) is 18.2 Å². The summed E-state index contributed by atoms with van der Waals surface area (Å²) < 4.78 is 0. The second-order valence-electron chi connectivity index (χ2n) is 2.87. The maximum Gasteiger partial charge on any atom is 0.312 e. The number of aromatic hydroxyl groups is 2. The molecule has 1 unspecified atom stereocenters. The lowest BCUT2D eigenvalue weighted by atomic mass is 9.98. The van der Waals surface area contributed by atoms with Gasteiger partial charge < -0.3 is 21.1 Å². The number of benzene rings is 1. The summed E-state index contributed by atoms with van der Waals surface area (Å²) in [6, 6.07) is 3.73. The largest absolute Gasteiger partial charge is 0.508 e. The van der Waals surface area contributed by atoms with Crippen LogP contribution in [-0.4, -0.2) is 27.8 Å². The van der Waals surface area contributed by atoms with E-state index in [4.69, 9.17) is 15.9 Å². The van der Waals surface area contributed by atoms with Crippen LogP contribution in [0.3, 0.4) is 0 Å². The van der Waals surface area contributed by atoms with Crippen LogP contribution in [0.1, 0.15) is 11.5 Å². The van der Waals surface area contributed by atoms with E-state index in [-0.39, 0.29) is 23.6 Å². The molecule has 0 radical (unpaired) electrons. The number of carboxylic acid groups (broad SMARTS) is 1. The number of phenols is 2. The third-order valence-corrected chi connectivity index (χ3v) is 1.92. The molecule has 0 bridgehead atoms. The van der Waals surface area contributed by atoms with Crippen molar-refractivity contribution in [1.82, 2.24) is 0 Å². The minimum Gasteiger partial charge on any atom is -0.508 e. The molecule has 76 valence electrons. The molecule has 5 N–H and O–H groups in total. The first-order valence-corrected chi connectivity index (χ1v) is 4.01. The molecule has 0 aromatic heterocycles. The molecule has 0 heterocycles. The molecule has 5 heteroatoms. The van der Waals surface area contributed by atoms with Crippen LogP contribution < -0.4 is 5.73 Å². The van der Waals surface area contributed by atoms with Crippen LogP contribution in [0.25, 0.3) is 0 Å². The number of hydrogen-bond donors (Lipinski definition) is 4. The normalized spacial score (nSPS) is 12.4. The molecule has 0 aliphatic carbocycles. The Kier molecular flexibility index (Phi) is 2.93. The van der Waals surface area contributed by atoms with E-state index in [1.165, 1.54) is 12.1 Å². The summed E-state index contributed by atoms with van der Waals surface area (Å²) in [5, 5.41) is 27.1. The fourth-order valence-corrected chi connectivity index (χ4v) is 1.19. The second-order valence-corrected chi connectivity index (χ2v) is 2.87. The maximum atomic E-state index is 10.7. The number of hydrogen-bond acceptors (Lipinski definition) is 4. The van der Waals surface area contributed by atoms with Crippen molar-refractivity contribution in [3.05, 3.63) is 23.8 Å². The molecular formula is C9H11NO4. The van der Waals surface area contributed by atoms with Gasteiger partial charge in [-0.3, -0.25) is 4.79 Å². The quantitative estimate of drug-likeness (QED) is 0.555. The van der Waals surface area contributed by atoms with Gasteiger partial charge in [-0.1, -0.05) is 6.07 Å². The molecule has 0 aliphatic heterocycles. The number of rotatable bonds is 3. The van der Waals surface area contributed by atoms with Gasteiger partial charge in [0.2, 0.25) is 0 Å². The Hall–Kier alpha value is -1.75. The Balaban J connectivity index is 3.10. The first-order chi connectivity index (χ1) is 6.56. The minimum atomic E-state index is -1.10. The fourth-order valence-electron chi connectivity index (χ4n) is 1.19. The topological polar surface area (TPSA) is 104 Å². The highest BCUT2D eigenvalue weighted by Crippen LogP contribution is 2.28. The van der Waals surface area contributed by atoms with Crippen LogP contribution >= 0.6 is 0 Å². The average Bonchev–Trinajstić information content (AvgIpc) is 2.09. The van der Waals surface area contributed by atoms with Crippen LogP contribution in [0, 0.1) is 0 Å². The third-order valence-electron chi connectivity index (χ3n) is 1.92. The molecule has 0 amide bonds. The predicted molar refractivity (Wildman–Crippen MR) is 49.2 cm³/mol. The minimum absolute atomic E-state index is 0.104. The van der Waals surface area contributed by atoms with E-state index in [9.17, 15) is 9.90 Å². The van der Waals surface area contributed by atoms with Crippen LogP contribution in [-0.2, 0) is 4.79 Å². The van der Waals surface area contributed by atoms with Gasteiger partial charge in [-0.2, -0.15) is 0 Å². The van der Waals surface area contributed by atoms with Crippen molar-refractivity contribution in [2.24, 2.45) is 5.73 Å². The molecular weight excluding hydrogens is 186 g/mol. The zero-order chi connectivity index (χ0) is 10.7. The maximum absolute atomic E-state index is 10.7. The first-order valence-electron chi connectivity index (χ1n) is 4.01. The van der Waals surface area contributed by atoms with Gasteiger partial charge in [0.1, 0.15) is 11.5 Å². The molecule has 0 saturated carbocycles. The number of carbonyl (C=O) groups is 1. The third kappa shape index (κ3) is 1.94. The fraction of sp³-hybridized carbons (Fsp3) is 0.222. The summed E-state index contributed by atoms with van der Waals surface area (Å²) in [4.78, 5) is 10.7. The van der Waals surface area contributed by atoms with E-state index in [1.807, 2.05) is 0 Å². The molecule has 0 aliphatic rings. The monoisotopic (exact) mass is 197 g/mol. The van der Waals surface area contributed by atoms with Gasteiger partial charge in [0.15, 0.2) is 0 Å². The summed E-state index contributed by atoms with van der Waals surface area (Å²) in [6.45, 7) is -0.104. The zero-order valence-electron chi connectivity index (χ0n) is 7.34. The Morgan fingerprint density at radius 1 is 1.43 bits per heavy atom. The highest BCUT2D eigenvalue weighted by molar-refractivity contribution is 5.77. The molecule has 14 heavy (non-hydrogen) atoms. The van der Waals surface area contributed by atoms with Gasteiger partial charge in [0.05, 0.1) is 5.92 Å². The number of aliphatic carboxylic acids is 1. The first kappa shape index (κ1) is 10.3. The molecule has 1 atom stereocenters. The molecule has 1 rings (SSSR count). The number of nitrogens with two attached hydrogens (primary N) is 1. The van der Waals surface area contributed by atoms with Crippen LogP contribution in [0.4, 0.5) is 0 Å². The molecule has 1 aromatic carbocycles. The van der Waals surface area contributed by atoms with Gasteiger partial charge in [-0.05, 0) is 6.07 Å². The smallest absolute Gasteiger partial charge is 0.312 e. The summed E-state index contributed by atoms with van der Waals surface area (Å²) in [6.07, 6.45) is 0. The van der Waals surface area contributed by atoms with Crippen molar-refractivity contribution in [3.8, 4) is 11.5 Å². The van der Waals surface area contributed by atoms with Gasteiger partial charge >= 0.3 is 5.97 Å². The Bertz CT molecular complexity index is 351. The number of carboxylic acids is 1. The van der Waals surface area contributed by atoms with E-state index < -0.39 is 11.9 Å². The van der Waals surface area contributed by atoms with E-state index >= 15 is 0 Å². The van der Waals surface area contributed by atoms with Crippen LogP contribution in [0.2, 0.25) is 0 Å². The van der Waals surface area contributed by atoms with Crippen LogP contribution in [0.15, 0.2) is 18.2 Å². The van der Waals surface area contributed by atoms with Gasteiger partial charge in [0.25, 0.3) is 0 Å².